The fourth-order valence-electron chi connectivity index (χ4n) is 5.34. The standard InChI is InChI=1S/C30H46NO7P/c1-4-28(33)37-30(22(2)3)38-39(36,18-12-11-15-23-13-7-5-8-14-23)21-27(32)31-20-25(19-26(31)29(34)35)24-16-9-6-10-17-24/h5,7-8,13-14,22,24-26,30H,4,6,9-12,15-21H2,1-3H3,(H,34,35)/t25-,26+,30+,39?/m1/s1/i5D,7D,8D,13D,14D,15D2. The normalized spacial score (nSPS) is 25.3. The van der Waals surface area contributed by atoms with E-state index in [0.29, 0.717) is 12.3 Å². The van der Waals surface area contributed by atoms with Crippen LogP contribution in [0.1, 0.15) is 93.7 Å². The van der Waals surface area contributed by atoms with Gasteiger partial charge in [-0.1, -0.05) is 83.1 Å². The topological polar surface area (TPSA) is 110 Å². The van der Waals surface area contributed by atoms with Crippen LogP contribution < -0.4 is 0 Å². The SMILES string of the molecule is [2H]c1c([2H])c([2H])c(C([2H])([2H])CCCP(=O)(CC(=O)N2C[C@H](C3CCCCC3)C[C@H]2C(=O)O)O[C@H](OC(=O)CC)C(C)C)c([2H])c1[2H]. The van der Waals surface area contributed by atoms with E-state index in [1.807, 2.05) is 0 Å². The van der Waals surface area contributed by atoms with Gasteiger partial charge in [-0.25, -0.2) is 4.79 Å². The molecule has 0 spiro atoms. The zero-order valence-electron chi connectivity index (χ0n) is 30.2. The second-order valence-electron chi connectivity index (χ2n) is 10.8. The number of amides is 1. The Labute approximate surface area is 243 Å². The quantitative estimate of drug-likeness (QED) is 0.163. The number of carbonyl (C=O) groups is 3. The van der Waals surface area contributed by atoms with Crippen LogP contribution in [0.15, 0.2) is 30.2 Å². The van der Waals surface area contributed by atoms with Crippen molar-refractivity contribution in [2.45, 2.75) is 97.3 Å². The molecule has 2 fully saturated rings. The average Bonchev–Trinajstić information content (AvgIpc) is 3.45. The van der Waals surface area contributed by atoms with E-state index < -0.39 is 98.2 Å². The molecule has 1 saturated carbocycles. The molecule has 1 aliphatic heterocycles. The van der Waals surface area contributed by atoms with Crippen LogP contribution in [-0.2, 0) is 34.6 Å². The summed E-state index contributed by atoms with van der Waals surface area (Å²) in [6, 6.07) is -4.45. The average molecular weight is 571 g/mol. The van der Waals surface area contributed by atoms with Gasteiger partial charge < -0.3 is 14.7 Å². The molecule has 2 aliphatic rings. The molecule has 8 nitrogen and oxygen atoms in total. The zero-order valence-corrected chi connectivity index (χ0v) is 24.1. The molecule has 1 N–H and O–H groups in total. The summed E-state index contributed by atoms with van der Waals surface area (Å²) >= 11 is 0. The van der Waals surface area contributed by atoms with E-state index in [9.17, 15) is 24.1 Å². The van der Waals surface area contributed by atoms with Crippen LogP contribution in [0.2, 0.25) is 0 Å². The van der Waals surface area contributed by atoms with Gasteiger partial charge in [0.1, 0.15) is 12.2 Å². The first-order valence-corrected chi connectivity index (χ1v) is 16.0. The van der Waals surface area contributed by atoms with Gasteiger partial charge in [0.25, 0.3) is 0 Å². The molecule has 1 unspecified atom stereocenters. The van der Waals surface area contributed by atoms with E-state index in [0.717, 1.165) is 32.1 Å². The van der Waals surface area contributed by atoms with Gasteiger partial charge in [0.05, 0.1) is 6.85 Å². The molecule has 4 atom stereocenters. The molecule has 218 valence electrons. The minimum atomic E-state index is -4.07. The lowest BCUT2D eigenvalue weighted by atomic mass is 9.79. The van der Waals surface area contributed by atoms with Crippen molar-refractivity contribution in [3.05, 3.63) is 35.8 Å². The van der Waals surface area contributed by atoms with Gasteiger partial charge in [0, 0.05) is 27.8 Å². The summed E-state index contributed by atoms with van der Waals surface area (Å²) in [6.45, 7) is 5.14. The predicted molar refractivity (Wildman–Crippen MR) is 151 cm³/mol. The highest BCUT2D eigenvalue weighted by molar-refractivity contribution is 7.59. The number of hydrogen-bond donors (Lipinski definition) is 1. The number of hydrogen-bond acceptors (Lipinski definition) is 6. The van der Waals surface area contributed by atoms with E-state index >= 15 is 0 Å². The largest absolute Gasteiger partial charge is 0.480 e. The highest BCUT2D eigenvalue weighted by Crippen LogP contribution is 2.51. The molecule has 1 aromatic carbocycles. The van der Waals surface area contributed by atoms with Gasteiger partial charge >= 0.3 is 11.9 Å². The van der Waals surface area contributed by atoms with Crippen LogP contribution in [0, 0.1) is 17.8 Å². The predicted octanol–water partition coefficient (Wildman–Crippen LogP) is 6.12. The number of carboxylic acids is 1. The Hall–Kier alpha value is -2.18. The van der Waals surface area contributed by atoms with Crippen molar-refractivity contribution in [2.24, 2.45) is 17.8 Å². The highest BCUT2D eigenvalue weighted by atomic mass is 31.2. The summed E-state index contributed by atoms with van der Waals surface area (Å²) in [7, 11) is -4.07. The molecular formula is C30H46NO7P. The molecule has 0 radical (unpaired) electrons. The van der Waals surface area contributed by atoms with Crippen molar-refractivity contribution in [2.75, 3.05) is 18.9 Å². The summed E-state index contributed by atoms with van der Waals surface area (Å²) in [4.78, 5) is 39.3. The number of nitrogens with zero attached hydrogens (tertiary/aromatic N) is 1. The molecule has 0 bridgehead atoms. The zero-order chi connectivity index (χ0) is 34.6. The molecule has 0 aromatic heterocycles. The lowest BCUT2D eigenvalue weighted by Gasteiger charge is -2.30. The minimum absolute atomic E-state index is 0.00363. The Balaban J connectivity index is 1.87. The molecule has 39 heavy (non-hydrogen) atoms. The smallest absolute Gasteiger partial charge is 0.326 e. The molecular weight excluding hydrogens is 517 g/mol. The maximum absolute atomic E-state index is 14.4. The first-order valence-electron chi connectivity index (χ1n) is 17.5. The molecule has 1 aliphatic carbocycles. The number of benzene rings is 1. The number of rotatable bonds is 14. The third kappa shape index (κ3) is 9.46. The number of carbonyl (C=O) groups excluding carboxylic acids is 2. The van der Waals surface area contributed by atoms with Gasteiger partial charge in [-0.3, -0.25) is 18.7 Å². The number of aliphatic carboxylic acids is 1. The molecule has 1 aromatic rings. The second kappa shape index (κ2) is 15.0. The molecule has 1 amide bonds. The number of ether oxygens (including phenoxy) is 1. The lowest BCUT2D eigenvalue weighted by Crippen LogP contribution is -2.42. The van der Waals surface area contributed by atoms with Gasteiger partial charge in [-0.15, -0.1) is 0 Å². The lowest BCUT2D eigenvalue weighted by molar-refractivity contribution is -0.169. The van der Waals surface area contributed by atoms with E-state index in [1.165, 1.54) is 4.90 Å². The van der Waals surface area contributed by atoms with Crippen molar-refractivity contribution in [3.63, 3.8) is 0 Å². The van der Waals surface area contributed by atoms with Crippen LogP contribution in [0.25, 0.3) is 0 Å². The maximum Gasteiger partial charge on any atom is 0.326 e. The van der Waals surface area contributed by atoms with Crippen molar-refractivity contribution in [3.8, 4) is 0 Å². The first-order chi connectivity index (χ1) is 21.4. The minimum Gasteiger partial charge on any atom is -0.480 e. The Morgan fingerprint density at radius 3 is 2.44 bits per heavy atom. The van der Waals surface area contributed by atoms with Crippen LogP contribution >= 0.6 is 7.37 Å². The number of esters is 1. The van der Waals surface area contributed by atoms with Gasteiger partial charge in [-0.05, 0) is 43.0 Å². The van der Waals surface area contributed by atoms with Crippen molar-refractivity contribution in [1.82, 2.24) is 4.90 Å². The van der Waals surface area contributed by atoms with E-state index in [4.69, 9.17) is 18.9 Å². The molecule has 1 heterocycles. The van der Waals surface area contributed by atoms with Gasteiger partial charge in [0.15, 0.2) is 0 Å². The summed E-state index contributed by atoms with van der Waals surface area (Å²) in [5.74, 6) is -2.60. The van der Waals surface area contributed by atoms with Crippen molar-refractivity contribution >= 4 is 25.2 Å². The van der Waals surface area contributed by atoms with Crippen LogP contribution in [-0.4, -0.2) is 59.1 Å². The van der Waals surface area contributed by atoms with Crippen LogP contribution in [0.3, 0.4) is 0 Å². The number of likely N-dealkylation sites (tertiary alicyclic amines) is 1. The Morgan fingerprint density at radius 1 is 1.13 bits per heavy atom. The fraction of sp³-hybridized carbons (Fsp3) is 0.700. The molecule has 3 rings (SSSR count). The highest BCUT2D eigenvalue weighted by Gasteiger charge is 2.44. The Morgan fingerprint density at radius 2 is 1.82 bits per heavy atom. The van der Waals surface area contributed by atoms with Crippen LogP contribution in [0.4, 0.5) is 0 Å². The summed E-state index contributed by atoms with van der Waals surface area (Å²) in [5, 5.41) is 9.97. The Kier molecular flexibility index (Phi) is 8.65. The number of carboxylic acid groups (broad SMARTS) is 1. The fourth-order valence-corrected chi connectivity index (χ4v) is 7.58. The van der Waals surface area contributed by atoms with Crippen molar-refractivity contribution in [1.29, 1.82) is 0 Å². The third-order valence-corrected chi connectivity index (χ3v) is 9.83. The summed E-state index contributed by atoms with van der Waals surface area (Å²) in [6.07, 6.45) is 0.140. The summed E-state index contributed by atoms with van der Waals surface area (Å²) in [5.41, 5.74) is -0.530. The second-order valence-corrected chi connectivity index (χ2v) is 13.4. The van der Waals surface area contributed by atoms with Crippen LogP contribution in [0.5, 0.6) is 0 Å². The monoisotopic (exact) mass is 570 g/mol. The van der Waals surface area contributed by atoms with Gasteiger partial charge in [0.2, 0.25) is 19.6 Å². The molecule has 9 heteroatoms. The molecule has 1 saturated heterocycles. The van der Waals surface area contributed by atoms with Crippen molar-refractivity contribution < 1.29 is 42.9 Å². The first kappa shape index (κ1) is 22.5. The van der Waals surface area contributed by atoms with E-state index in [-0.39, 0.29) is 31.5 Å². The van der Waals surface area contributed by atoms with E-state index in [2.05, 4.69) is 0 Å². The maximum atomic E-state index is 14.4. The van der Waals surface area contributed by atoms with Gasteiger partial charge in [-0.2, -0.15) is 0 Å². The van der Waals surface area contributed by atoms with E-state index in [1.54, 1.807) is 20.8 Å². The third-order valence-electron chi connectivity index (χ3n) is 7.49. The summed E-state index contributed by atoms with van der Waals surface area (Å²) < 4.78 is 82.8. The Bertz CT molecular complexity index is 1310.